The number of nitrogens with one attached hydrogen (secondary N) is 2. The molecule has 0 saturated carbocycles. The molecule has 0 spiro atoms. The van der Waals surface area contributed by atoms with Crippen molar-refractivity contribution in [3.63, 3.8) is 0 Å². The molecule has 0 atom stereocenters. The molecule has 0 radical (unpaired) electrons. The van der Waals surface area contributed by atoms with Crippen molar-refractivity contribution in [1.29, 1.82) is 5.41 Å². The predicted octanol–water partition coefficient (Wildman–Crippen LogP) is 0.125. The zero-order valence-corrected chi connectivity index (χ0v) is 6.05. The third-order valence-corrected chi connectivity index (χ3v) is 1.89. The van der Waals surface area contributed by atoms with Crippen LogP contribution >= 0.6 is 0 Å². The molecule has 0 aromatic heterocycles. The molecule has 4 nitrogen and oxygen atoms in total. The highest BCUT2D eigenvalue weighted by Gasteiger charge is 2.31. The first-order chi connectivity index (χ1) is 5.29. The third kappa shape index (κ3) is 0.867. The summed E-state index contributed by atoms with van der Waals surface area (Å²) in [6.07, 6.45) is 0. The van der Waals surface area contributed by atoms with E-state index in [1.165, 1.54) is 0 Å². The Hall–Kier alpha value is -1.16. The first-order valence-corrected chi connectivity index (χ1v) is 3.48. The van der Waals surface area contributed by atoms with Crippen molar-refractivity contribution in [2.45, 2.75) is 0 Å². The van der Waals surface area contributed by atoms with E-state index in [1.807, 2.05) is 0 Å². The number of rotatable bonds is 1. The van der Waals surface area contributed by atoms with Gasteiger partial charge in [0.05, 0.1) is 30.5 Å². The van der Waals surface area contributed by atoms with Gasteiger partial charge in [-0.1, -0.05) is 6.58 Å². The zero-order chi connectivity index (χ0) is 7.84. The normalized spacial score (nSPS) is 24.5. The van der Waals surface area contributed by atoms with Gasteiger partial charge in [-0.15, -0.1) is 0 Å². The summed E-state index contributed by atoms with van der Waals surface area (Å²) in [6.45, 7) is 5.02. The average Bonchev–Trinajstić information content (AvgIpc) is 2.15. The van der Waals surface area contributed by atoms with Crippen LogP contribution in [-0.4, -0.2) is 24.6 Å². The monoisotopic (exact) mass is 151 g/mol. The molecule has 58 valence electrons. The Bertz CT molecular complexity index is 252. The van der Waals surface area contributed by atoms with Gasteiger partial charge in [-0.2, -0.15) is 5.10 Å². The number of ether oxygens (including phenoxy) is 1. The maximum Gasteiger partial charge on any atom is 0.102 e. The minimum absolute atomic E-state index is 0.314. The topological polar surface area (TPSA) is 57.5 Å². The van der Waals surface area contributed by atoms with Crippen molar-refractivity contribution in [2.75, 3.05) is 13.2 Å². The van der Waals surface area contributed by atoms with Crippen LogP contribution in [0.25, 0.3) is 0 Å². The highest BCUT2D eigenvalue weighted by molar-refractivity contribution is 6.49. The Morgan fingerprint density at radius 1 is 1.64 bits per heavy atom. The lowest BCUT2D eigenvalue weighted by molar-refractivity contribution is 0.00274. The van der Waals surface area contributed by atoms with Gasteiger partial charge in [-0.3, -0.25) is 10.8 Å². The molecule has 0 aromatic carbocycles. The van der Waals surface area contributed by atoms with Gasteiger partial charge in [0.15, 0.2) is 0 Å². The molecule has 1 saturated heterocycles. The van der Waals surface area contributed by atoms with Gasteiger partial charge in [0.2, 0.25) is 0 Å². The molecular formula is C7H9N3O. The van der Waals surface area contributed by atoms with E-state index in [9.17, 15) is 0 Å². The summed E-state index contributed by atoms with van der Waals surface area (Å²) in [7, 11) is 0. The van der Waals surface area contributed by atoms with Crippen LogP contribution in [0.4, 0.5) is 0 Å². The van der Waals surface area contributed by atoms with Crippen LogP contribution in [0, 0.1) is 11.3 Å². The van der Waals surface area contributed by atoms with E-state index in [0.717, 1.165) is 5.71 Å². The second kappa shape index (κ2) is 2.17. The number of hydrogen-bond acceptors (Lipinski definition) is 4. The fourth-order valence-electron chi connectivity index (χ4n) is 1.08. The number of nitrogens with zero attached hydrogens (tertiary/aromatic N) is 1. The van der Waals surface area contributed by atoms with Crippen LogP contribution in [0.5, 0.6) is 0 Å². The van der Waals surface area contributed by atoms with E-state index in [-0.39, 0.29) is 0 Å². The Morgan fingerprint density at radius 3 is 2.73 bits per heavy atom. The van der Waals surface area contributed by atoms with Crippen molar-refractivity contribution in [3.8, 4) is 0 Å². The van der Waals surface area contributed by atoms with Gasteiger partial charge in [0, 0.05) is 0 Å². The standard InChI is InChI=1S/C7H9N3O/c1-4-6(8)7(10-9-4)5-2-11-3-5/h5,8-9H,1-3H2. The molecule has 2 heterocycles. The van der Waals surface area contributed by atoms with Gasteiger partial charge in [0.25, 0.3) is 0 Å². The lowest BCUT2D eigenvalue weighted by atomic mass is 9.97. The number of hydrogen-bond donors (Lipinski definition) is 2. The third-order valence-electron chi connectivity index (χ3n) is 1.89. The fraction of sp³-hybridized carbons (Fsp3) is 0.429. The molecule has 2 aliphatic heterocycles. The molecule has 0 amide bonds. The summed E-state index contributed by atoms with van der Waals surface area (Å²) in [5.41, 5.74) is 4.49. The summed E-state index contributed by atoms with van der Waals surface area (Å²) in [4.78, 5) is 0. The lowest BCUT2D eigenvalue weighted by Crippen LogP contribution is -2.37. The van der Waals surface area contributed by atoms with Gasteiger partial charge < -0.3 is 4.74 Å². The Morgan fingerprint density at radius 2 is 2.36 bits per heavy atom. The van der Waals surface area contributed by atoms with Crippen molar-refractivity contribution in [3.05, 3.63) is 12.3 Å². The van der Waals surface area contributed by atoms with E-state index in [4.69, 9.17) is 10.1 Å². The minimum atomic E-state index is 0.314. The van der Waals surface area contributed by atoms with Crippen LogP contribution in [0.2, 0.25) is 0 Å². The fourth-order valence-corrected chi connectivity index (χ4v) is 1.08. The van der Waals surface area contributed by atoms with E-state index in [0.29, 0.717) is 30.5 Å². The van der Waals surface area contributed by atoms with E-state index < -0.39 is 0 Å². The van der Waals surface area contributed by atoms with Crippen molar-refractivity contribution < 1.29 is 4.74 Å². The number of hydrazone groups is 1. The first kappa shape index (κ1) is 6.54. The van der Waals surface area contributed by atoms with Gasteiger partial charge >= 0.3 is 0 Å². The molecule has 0 aliphatic carbocycles. The average molecular weight is 151 g/mol. The van der Waals surface area contributed by atoms with E-state index in [2.05, 4.69) is 17.1 Å². The summed E-state index contributed by atoms with van der Waals surface area (Å²) in [6, 6.07) is 0. The summed E-state index contributed by atoms with van der Waals surface area (Å²) >= 11 is 0. The van der Waals surface area contributed by atoms with Gasteiger partial charge in [-0.05, 0) is 0 Å². The van der Waals surface area contributed by atoms with E-state index in [1.54, 1.807) is 0 Å². The molecule has 2 aliphatic rings. The summed E-state index contributed by atoms with van der Waals surface area (Å²) in [5.74, 6) is 0.314. The zero-order valence-electron chi connectivity index (χ0n) is 6.05. The molecular weight excluding hydrogens is 142 g/mol. The lowest BCUT2D eigenvalue weighted by Gasteiger charge is -2.25. The van der Waals surface area contributed by atoms with Gasteiger partial charge in [0.1, 0.15) is 5.71 Å². The molecule has 1 fully saturated rings. The van der Waals surface area contributed by atoms with Gasteiger partial charge in [-0.25, -0.2) is 0 Å². The van der Waals surface area contributed by atoms with Crippen LogP contribution in [0.3, 0.4) is 0 Å². The smallest absolute Gasteiger partial charge is 0.102 e. The van der Waals surface area contributed by atoms with Crippen LogP contribution in [0.15, 0.2) is 17.4 Å². The van der Waals surface area contributed by atoms with Crippen LogP contribution < -0.4 is 5.43 Å². The first-order valence-electron chi connectivity index (χ1n) is 3.48. The molecule has 0 aromatic rings. The van der Waals surface area contributed by atoms with Crippen LogP contribution in [0.1, 0.15) is 0 Å². The van der Waals surface area contributed by atoms with Crippen molar-refractivity contribution >= 4 is 11.4 Å². The second-order valence-electron chi connectivity index (χ2n) is 2.70. The predicted molar refractivity (Wildman–Crippen MR) is 41.7 cm³/mol. The molecule has 11 heavy (non-hydrogen) atoms. The summed E-state index contributed by atoms with van der Waals surface area (Å²) in [5, 5.41) is 11.5. The molecule has 2 rings (SSSR count). The maximum atomic E-state index is 7.53. The quantitative estimate of drug-likeness (QED) is 0.559. The largest absolute Gasteiger partial charge is 0.380 e. The highest BCUT2D eigenvalue weighted by atomic mass is 16.5. The van der Waals surface area contributed by atoms with Crippen LogP contribution in [-0.2, 0) is 4.74 Å². The Labute approximate surface area is 64.4 Å². The Kier molecular flexibility index (Phi) is 1.29. The second-order valence-corrected chi connectivity index (χ2v) is 2.70. The Balaban J connectivity index is 2.14. The maximum absolute atomic E-state index is 7.53. The van der Waals surface area contributed by atoms with Crippen molar-refractivity contribution in [1.82, 2.24) is 5.43 Å². The molecule has 0 bridgehead atoms. The SMILES string of the molecule is C=C1NN=C(C2COC2)C1=N. The molecule has 4 heteroatoms. The highest BCUT2D eigenvalue weighted by Crippen LogP contribution is 2.17. The molecule has 0 unspecified atom stereocenters. The van der Waals surface area contributed by atoms with Crippen molar-refractivity contribution in [2.24, 2.45) is 11.0 Å². The van der Waals surface area contributed by atoms with E-state index >= 15 is 0 Å². The number of allylic oxidation sites excluding steroid dienone is 1. The molecule has 2 N–H and O–H groups in total. The summed E-state index contributed by atoms with van der Waals surface area (Å²) < 4.78 is 5.00. The minimum Gasteiger partial charge on any atom is -0.380 e.